The Hall–Kier alpha value is -13.8. The summed E-state index contributed by atoms with van der Waals surface area (Å²) in [7, 11) is 0. The van der Waals surface area contributed by atoms with E-state index in [4.69, 9.17) is 15.0 Å². The molecule has 0 bridgehead atoms. The van der Waals surface area contributed by atoms with Gasteiger partial charge in [-0.15, -0.1) is 0 Å². The van der Waals surface area contributed by atoms with Gasteiger partial charge in [0.05, 0.1) is 57.0 Å². The quantitative estimate of drug-likeness (QED) is 0.120. The molecular weight excluding hydrogens is 1190 g/mol. The average Bonchev–Trinajstić information content (AvgIpc) is 1.55. The zero-order valence-electron chi connectivity index (χ0n) is 52.8. The van der Waals surface area contributed by atoms with Crippen LogP contribution in [0.15, 0.2) is 328 Å². The first-order chi connectivity index (χ1) is 48.4. The molecule has 8 heteroatoms. The molecule has 3 heterocycles. The first-order valence-corrected chi connectivity index (χ1v) is 32.5. The van der Waals surface area contributed by atoms with Gasteiger partial charge in [0.1, 0.15) is 0 Å². The fourth-order valence-corrected chi connectivity index (χ4v) is 13.8. The largest absolute Gasteiger partial charge is 0.309 e. The lowest BCUT2D eigenvalue weighted by atomic mass is 9.98. The Morgan fingerprint density at radius 1 is 0.214 bits per heavy atom. The number of hydrogen-bond acceptors (Lipinski definition) is 6. The molecule has 8 nitrogen and oxygen atoms in total. The third-order valence-electron chi connectivity index (χ3n) is 18.6. The van der Waals surface area contributed by atoms with E-state index in [0.717, 1.165) is 138 Å². The van der Waals surface area contributed by atoms with Gasteiger partial charge in [-0.3, -0.25) is 0 Å². The van der Waals surface area contributed by atoms with E-state index in [9.17, 15) is 15.8 Å². The number of aromatic nitrogens is 5. The van der Waals surface area contributed by atoms with Gasteiger partial charge < -0.3 is 9.13 Å². The highest BCUT2D eigenvalue weighted by Crippen LogP contribution is 2.43. The first kappa shape index (κ1) is 58.0. The van der Waals surface area contributed by atoms with Crippen molar-refractivity contribution in [2.24, 2.45) is 0 Å². The summed E-state index contributed by atoms with van der Waals surface area (Å²) in [6.07, 6.45) is 0. The van der Waals surface area contributed by atoms with Crippen molar-refractivity contribution < 1.29 is 0 Å². The monoisotopic (exact) mass is 1250 g/mol. The Balaban J connectivity index is 0.922. The minimum Gasteiger partial charge on any atom is -0.309 e. The third kappa shape index (κ3) is 10.7. The molecular formula is C90H54N8. The summed E-state index contributed by atoms with van der Waals surface area (Å²) in [5, 5.41) is 35.3. The van der Waals surface area contributed by atoms with E-state index >= 15 is 0 Å². The molecule has 17 rings (SSSR count). The predicted octanol–water partition coefficient (Wildman–Crippen LogP) is 22.4. The summed E-state index contributed by atoms with van der Waals surface area (Å²) >= 11 is 0. The number of nitrogens with zero attached hydrogens (tertiary/aromatic N) is 8. The van der Waals surface area contributed by atoms with Gasteiger partial charge in [0.25, 0.3) is 0 Å². The highest BCUT2D eigenvalue weighted by atomic mass is 15.0. The summed E-state index contributed by atoms with van der Waals surface area (Å²) in [5.41, 5.74) is 23.6. The molecule has 98 heavy (non-hydrogen) atoms. The van der Waals surface area contributed by atoms with Crippen LogP contribution in [0.2, 0.25) is 0 Å². The van der Waals surface area contributed by atoms with Crippen molar-refractivity contribution in [3.8, 4) is 142 Å². The molecule has 0 saturated carbocycles. The SMILES string of the molecule is N#Cc1cccc(-c2cc(-c3nc(-c4ccc(-c5ccccc5C#N)cc4)nc(-c4cc(-c5cccc(C#N)c5)cc(-n5c6ccc(-c7ccccc7)cc6c6cc(-c7ccccc7)ccc65)c4)n3)cc(-n3c4ccc(-c5ccccc5)cc4c4cc(-c5ccccc5)ccc43)c2)c1. The average molecular weight is 1250 g/mol. The summed E-state index contributed by atoms with van der Waals surface area (Å²) in [5.74, 6) is 1.26. The van der Waals surface area contributed by atoms with Crippen LogP contribution in [0.4, 0.5) is 0 Å². The van der Waals surface area contributed by atoms with Crippen molar-refractivity contribution >= 4 is 43.6 Å². The minimum atomic E-state index is 0.416. The first-order valence-electron chi connectivity index (χ1n) is 32.5. The normalized spacial score (nSPS) is 11.2. The molecule has 0 saturated heterocycles. The summed E-state index contributed by atoms with van der Waals surface area (Å²) < 4.78 is 4.66. The molecule has 454 valence electrons. The molecule has 0 spiro atoms. The highest BCUT2D eigenvalue weighted by molar-refractivity contribution is 6.13. The van der Waals surface area contributed by atoms with Gasteiger partial charge in [-0.1, -0.05) is 212 Å². The van der Waals surface area contributed by atoms with Gasteiger partial charge in [-0.2, -0.15) is 15.8 Å². The van der Waals surface area contributed by atoms with Crippen LogP contribution in [0.3, 0.4) is 0 Å². The Labute approximate surface area is 566 Å². The Bertz CT molecular complexity index is 5610. The van der Waals surface area contributed by atoms with E-state index in [2.05, 4.69) is 234 Å². The van der Waals surface area contributed by atoms with Crippen molar-refractivity contribution in [2.75, 3.05) is 0 Å². The van der Waals surface area contributed by atoms with Crippen molar-refractivity contribution in [1.82, 2.24) is 24.1 Å². The summed E-state index contributed by atoms with van der Waals surface area (Å²) in [6, 6.07) is 120. The molecule has 0 aliphatic heterocycles. The summed E-state index contributed by atoms with van der Waals surface area (Å²) in [4.78, 5) is 16.6. The van der Waals surface area contributed by atoms with Gasteiger partial charge in [-0.05, 0) is 193 Å². The Morgan fingerprint density at radius 2 is 0.520 bits per heavy atom. The topological polar surface area (TPSA) is 120 Å². The second-order valence-electron chi connectivity index (χ2n) is 24.5. The van der Waals surface area contributed by atoms with Gasteiger partial charge in [-0.25, -0.2) is 15.0 Å². The fraction of sp³-hybridized carbons (Fsp3) is 0. The Morgan fingerprint density at radius 3 is 0.888 bits per heavy atom. The highest BCUT2D eigenvalue weighted by Gasteiger charge is 2.23. The molecule has 0 N–H and O–H groups in total. The molecule has 0 atom stereocenters. The lowest BCUT2D eigenvalue weighted by Gasteiger charge is -2.16. The van der Waals surface area contributed by atoms with Crippen molar-refractivity contribution in [3.05, 3.63) is 344 Å². The molecule has 0 aliphatic rings. The Kier molecular flexibility index (Phi) is 14.5. The van der Waals surface area contributed by atoms with Gasteiger partial charge >= 0.3 is 0 Å². The molecule has 0 fully saturated rings. The van der Waals surface area contributed by atoms with E-state index in [1.807, 2.05) is 121 Å². The van der Waals surface area contributed by atoms with Crippen molar-refractivity contribution in [3.63, 3.8) is 0 Å². The number of nitriles is 3. The van der Waals surface area contributed by atoms with Crippen LogP contribution >= 0.6 is 0 Å². The standard InChI is InChI=1S/C90H54N8/c91-55-58-17-15-28-66(43-58)73-45-75(49-77(47-73)97-84-39-35-68(60-19-5-1-6-20-60)51-80(84)81-52-69(36-40-85(81)97)61-21-7-2-8-22-61)89-94-88(65-33-31-64(32-34-65)79-30-14-13-27-72(79)57-93)95-90(96-89)76-46-74(67-29-16-18-59(44-67)56-92)48-78(50-76)98-86-41-37-70(62-23-9-3-10-24-62)53-82(86)83-54-71(38-42-87(83)98)63-25-11-4-12-26-63/h1-54H. The maximum atomic E-state index is 10.4. The summed E-state index contributed by atoms with van der Waals surface area (Å²) in [6.45, 7) is 0. The third-order valence-corrected chi connectivity index (χ3v) is 18.6. The zero-order chi connectivity index (χ0) is 65.6. The van der Waals surface area contributed by atoms with Crippen LogP contribution in [0.1, 0.15) is 16.7 Å². The maximum absolute atomic E-state index is 10.4. The smallest absolute Gasteiger partial charge is 0.164 e. The number of benzene rings is 14. The maximum Gasteiger partial charge on any atom is 0.164 e. The second kappa shape index (κ2) is 24.6. The van der Waals surface area contributed by atoms with E-state index in [-0.39, 0.29) is 0 Å². The lowest BCUT2D eigenvalue weighted by Crippen LogP contribution is -2.03. The van der Waals surface area contributed by atoms with E-state index < -0.39 is 0 Å². The van der Waals surface area contributed by atoms with Crippen LogP contribution in [-0.4, -0.2) is 24.1 Å². The molecule has 17 aromatic rings. The van der Waals surface area contributed by atoms with E-state index in [1.54, 1.807) is 0 Å². The van der Waals surface area contributed by atoms with Gasteiger partial charge in [0.15, 0.2) is 17.5 Å². The van der Waals surface area contributed by atoms with Crippen LogP contribution in [0, 0.1) is 34.0 Å². The van der Waals surface area contributed by atoms with Crippen LogP contribution in [0.25, 0.3) is 167 Å². The van der Waals surface area contributed by atoms with Crippen molar-refractivity contribution in [2.45, 2.75) is 0 Å². The lowest BCUT2D eigenvalue weighted by molar-refractivity contribution is 1.07. The second-order valence-corrected chi connectivity index (χ2v) is 24.5. The minimum absolute atomic E-state index is 0.416. The molecule has 0 radical (unpaired) electrons. The van der Waals surface area contributed by atoms with Crippen LogP contribution in [-0.2, 0) is 0 Å². The number of fused-ring (bicyclic) bond motifs is 6. The number of rotatable bonds is 12. The van der Waals surface area contributed by atoms with Crippen molar-refractivity contribution in [1.29, 1.82) is 15.8 Å². The molecule has 14 aromatic carbocycles. The molecule has 3 aromatic heterocycles. The van der Waals surface area contributed by atoms with E-state index in [1.165, 1.54) is 0 Å². The van der Waals surface area contributed by atoms with Crippen LogP contribution < -0.4 is 0 Å². The number of hydrogen-bond donors (Lipinski definition) is 0. The van der Waals surface area contributed by atoms with Gasteiger partial charge in [0, 0.05) is 49.6 Å². The van der Waals surface area contributed by atoms with Crippen LogP contribution in [0.5, 0.6) is 0 Å². The van der Waals surface area contributed by atoms with E-state index in [0.29, 0.717) is 45.3 Å². The molecule has 0 unspecified atom stereocenters. The molecule has 0 aliphatic carbocycles. The zero-order valence-corrected chi connectivity index (χ0v) is 52.8. The van der Waals surface area contributed by atoms with Gasteiger partial charge in [0.2, 0.25) is 0 Å². The molecule has 0 amide bonds. The fourth-order valence-electron chi connectivity index (χ4n) is 13.8. The predicted molar refractivity (Wildman–Crippen MR) is 397 cm³/mol.